The minimum Gasteiger partial charge on any atom is -0.458 e. The molecule has 1 fully saturated rings. The number of benzene rings is 1. The molecule has 1 aromatic rings. The van der Waals surface area contributed by atoms with Crippen LogP contribution in [0.15, 0.2) is 30.3 Å². The number of esters is 1. The summed E-state index contributed by atoms with van der Waals surface area (Å²) >= 11 is 0. The van der Waals surface area contributed by atoms with Gasteiger partial charge in [-0.05, 0) is 38.7 Å². The third-order valence-electron chi connectivity index (χ3n) is 4.49. The van der Waals surface area contributed by atoms with Gasteiger partial charge in [-0.3, -0.25) is 0 Å². The van der Waals surface area contributed by atoms with E-state index in [-0.39, 0.29) is 5.97 Å². The highest BCUT2D eigenvalue weighted by molar-refractivity contribution is 7.77. The molecule has 0 bridgehead atoms. The molecule has 0 aromatic heterocycles. The van der Waals surface area contributed by atoms with Crippen molar-refractivity contribution in [1.82, 2.24) is 0 Å². The molecule has 0 aliphatic carbocycles. The maximum Gasteiger partial charge on any atom is 0.344 e. The Labute approximate surface area is 123 Å². The van der Waals surface area contributed by atoms with E-state index in [0.717, 1.165) is 5.56 Å². The summed E-state index contributed by atoms with van der Waals surface area (Å²) in [6, 6.07) is 9.94. The van der Waals surface area contributed by atoms with E-state index in [1.54, 1.807) is 0 Å². The van der Waals surface area contributed by atoms with Gasteiger partial charge < -0.3 is 4.74 Å². The van der Waals surface area contributed by atoms with Crippen molar-refractivity contribution in [1.29, 1.82) is 0 Å². The quantitative estimate of drug-likeness (QED) is 0.596. The highest BCUT2D eigenvalue weighted by atomic mass is 31.2. The number of carbonyl (C=O) groups is 1. The maximum atomic E-state index is 12.2. The monoisotopic (exact) mass is 293 g/mol. The van der Waals surface area contributed by atoms with Gasteiger partial charge in [-0.25, -0.2) is 4.79 Å². The molecule has 20 heavy (non-hydrogen) atoms. The zero-order valence-electron chi connectivity index (χ0n) is 12.7. The van der Waals surface area contributed by atoms with Crippen molar-refractivity contribution in [2.45, 2.75) is 45.4 Å². The van der Waals surface area contributed by atoms with Crippen LogP contribution in [0, 0.1) is 0 Å². The molecule has 1 aliphatic heterocycles. The van der Waals surface area contributed by atoms with Gasteiger partial charge in [-0.15, -0.1) is 0 Å². The van der Waals surface area contributed by atoms with E-state index in [4.69, 9.17) is 4.74 Å². The third-order valence-corrected chi connectivity index (χ3v) is 9.98. The molecule has 0 atom stereocenters. The summed E-state index contributed by atoms with van der Waals surface area (Å²) in [5, 5.41) is 0. The molecule has 1 saturated heterocycles. The van der Waals surface area contributed by atoms with E-state index in [0.29, 0.717) is 18.4 Å². The highest BCUT2D eigenvalue weighted by Gasteiger charge is 2.44. The number of ether oxygens (including phenoxy) is 1. The second kappa shape index (κ2) is 7.22. The number of carbonyl (C=O) groups excluding carboxylic acids is 1. The minimum absolute atomic E-state index is 0.0118. The molecule has 0 spiro atoms. The van der Waals surface area contributed by atoms with Crippen molar-refractivity contribution < 1.29 is 9.53 Å². The van der Waals surface area contributed by atoms with Gasteiger partial charge in [0.25, 0.3) is 0 Å². The molecule has 0 unspecified atom stereocenters. The lowest BCUT2D eigenvalue weighted by Crippen LogP contribution is -2.25. The lowest BCUT2D eigenvalue weighted by molar-refractivity contribution is -0.141. The largest absolute Gasteiger partial charge is 0.458 e. The summed E-state index contributed by atoms with van der Waals surface area (Å²) in [5.74, 6) is 0.0118. The Balaban J connectivity index is 1.89. The predicted octanol–water partition coefficient (Wildman–Crippen LogP) is 4.34. The zero-order chi connectivity index (χ0) is 14.4. The number of hydrogen-bond donors (Lipinski definition) is 0. The number of rotatable bonds is 5. The van der Waals surface area contributed by atoms with Crippen molar-refractivity contribution in [3.8, 4) is 0 Å². The lowest BCUT2D eigenvalue weighted by Gasteiger charge is -2.33. The van der Waals surface area contributed by atoms with Crippen molar-refractivity contribution in [2.24, 2.45) is 0 Å². The van der Waals surface area contributed by atoms with E-state index in [1.165, 1.54) is 31.6 Å². The molecule has 3 heteroatoms. The first-order valence-corrected chi connectivity index (χ1v) is 10.1. The van der Waals surface area contributed by atoms with Gasteiger partial charge in [-0.1, -0.05) is 30.3 Å². The zero-order valence-corrected chi connectivity index (χ0v) is 13.6. The van der Waals surface area contributed by atoms with E-state index in [2.05, 4.69) is 13.8 Å². The molecule has 0 radical (unpaired) electrons. The van der Waals surface area contributed by atoms with Crippen LogP contribution in [0.5, 0.6) is 0 Å². The second-order valence-corrected chi connectivity index (χ2v) is 10.8. The molecule has 110 valence electrons. The van der Waals surface area contributed by atoms with Gasteiger partial charge in [0.05, 0.1) is 18.0 Å². The summed E-state index contributed by atoms with van der Waals surface area (Å²) in [5.41, 5.74) is 1.73. The van der Waals surface area contributed by atoms with Crippen LogP contribution in [-0.2, 0) is 16.1 Å². The van der Waals surface area contributed by atoms with Gasteiger partial charge in [-0.2, -0.15) is 0 Å². The molecule has 0 amide bonds. The van der Waals surface area contributed by atoms with E-state index in [9.17, 15) is 4.79 Å². The first-order valence-electron chi connectivity index (χ1n) is 7.68. The highest BCUT2D eigenvalue weighted by Crippen LogP contribution is 2.65. The Hall–Kier alpha value is -0.880. The SMILES string of the molecule is CC(C)[P+]1(CC(=O)OCc2ccccc2)CCCCC1. The fourth-order valence-electron chi connectivity index (χ4n) is 3.04. The molecule has 0 N–H and O–H groups in total. The van der Waals surface area contributed by atoms with Crippen LogP contribution < -0.4 is 0 Å². The molecule has 1 aromatic carbocycles. The van der Waals surface area contributed by atoms with Gasteiger partial charge in [0.15, 0.2) is 6.16 Å². The fourth-order valence-corrected chi connectivity index (χ4v) is 7.29. The standard InChI is InChI=1S/C17H26O2P/c1-15(2)20(11-7-4-8-12-20)14-17(18)19-13-16-9-5-3-6-10-16/h3,5-6,9-10,15H,4,7-8,11-14H2,1-2H3/q+1. The minimum atomic E-state index is -1.11. The molecular formula is C17H26O2P+. The first kappa shape index (κ1) is 15.5. The first-order chi connectivity index (χ1) is 9.62. The summed E-state index contributed by atoms with van der Waals surface area (Å²) < 4.78 is 5.49. The summed E-state index contributed by atoms with van der Waals surface area (Å²) in [4.78, 5) is 12.2. The van der Waals surface area contributed by atoms with E-state index in [1.807, 2.05) is 30.3 Å². The van der Waals surface area contributed by atoms with Gasteiger partial charge in [0, 0.05) is 7.26 Å². The Morgan fingerprint density at radius 3 is 2.40 bits per heavy atom. The van der Waals surface area contributed by atoms with E-state index >= 15 is 0 Å². The average molecular weight is 293 g/mol. The fraction of sp³-hybridized carbons (Fsp3) is 0.588. The summed E-state index contributed by atoms with van der Waals surface area (Å²) in [7, 11) is -1.11. The Kier molecular flexibility index (Phi) is 5.60. The van der Waals surface area contributed by atoms with E-state index < -0.39 is 7.26 Å². The van der Waals surface area contributed by atoms with Crippen molar-refractivity contribution in [3.05, 3.63) is 35.9 Å². The topological polar surface area (TPSA) is 26.3 Å². The van der Waals surface area contributed by atoms with Crippen LogP contribution in [0.1, 0.15) is 38.7 Å². The molecule has 1 aliphatic rings. The third kappa shape index (κ3) is 4.06. The van der Waals surface area contributed by atoms with Crippen LogP contribution in [0.25, 0.3) is 0 Å². The average Bonchev–Trinajstić information content (AvgIpc) is 2.47. The van der Waals surface area contributed by atoms with Crippen molar-refractivity contribution >= 4 is 13.2 Å². The van der Waals surface area contributed by atoms with Crippen molar-refractivity contribution in [3.63, 3.8) is 0 Å². The normalized spacial score (nSPS) is 17.9. The molecule has 2 nitrogen and oxygen atoms in total. The molecule has 0 saturated carbocycles. The van der Waals surface area contributed by atoms with Crippen LogP contribution in [0.3, 0.4) is 0 Å². The van der Waals surface area contributed by atoms with Crippen molar-refractivity contribution in [2.75, 3.05) is 18.5 Å². The van der Waals surface area contributed by atoms with Gasteiger partial charge >= 0.3 is 5.97 Å². The Morgan fingerprint density at radius 2 is 1.80 bits per heavy atom. The summed E-state index contributed by atoms with van der Waals surface area (Å²) in [6.07, 6.45) is 7.21. The second-order valence-electron chi connectivity index (χ2n) is 6.12. The maximum absolute atomic E-state index is 12.2. The van der Waals surface area contributed by atoms with Gasteiger partial charge in [0.2, 0.25) is 0 Å². The Bertz CT molecular complexity index is 422. The Morgan fingerprint density at radius 1 is 1.15 bits per heavy atom. The molecule has 2 rings (SSSR count). The van der Waals surface area contributed by atoms with Crippen LogP contribution in [0.2, 0.25) is 0 Å². The predicted molar refractivity (Wildman–Crippen MR) is 86.7 cm³/mol. The van der Waals surface area contributed by atoms with Crippen LogP contribution >= 0.6 is 7.26 Å². The summed E-state index contributed by atoms with van der Waals surface area (Å²) in [6.45, 7) is 5.00. The molecule has 1 heterocycles. The van der Waals surface area contributed by atoms with Crippen LogP contribution in [0.4, 0.5) is 0 Å². The lowest BCUT2D eigenvalue weighted by atomic mass is 10.2. The number of hydrogen-bond acceptors (Lipinski definition) is 2. The smallest absolute Gasteiger partial charge is 0.344 e. The van der Waals surface area contributed by atoms with Gasteiger partial charge in [0.1, 0.15) is 6.61 Å². The molecular weight excluding hydrogens is 267 g/mol. The van der Waals surface area contributed by atoms with Crippen LogP contribution in [-0.4, -0.2) is 30.1 Å².